The third-order valence-corrected chi connectivity index (χ3v) is 4.29. The number of ether oxygens (including phenoxy) is 4. The van der Waals surface area contributed by atoms with E-state index in [9.17, 15) is 19.7 Å². The topological polar surface area (TPSA) is 126 Å². The predicted octanol–water partition coefficient (Wildman–Crippen LogP) is 3.46. The van der Waals surface area contributed by atoms with Crippen LogP contribution in [0.4, 0.5) is 11.4 Å². The molecule has 0 fully saturated rings. The van der Waals surface area contributed by atoms with Crippen LogP contribution >= 0.6 is 11.6 Å². The molecule has 2 aromatic carbocycles. The van der Waals surface area contributed by atoms with Crippen molar-refractivity contribution >= 4 is 34.9 Å². The molecule has 0 unspecified atom stereocenters. The molecule has 1 amide bonds. The average Bonchev–Trinajstić information content (AvgIpc) is 2.73. The Morgan fingerprint density at radius 1 is 1.07 bits per heavy atom. The molecule has 0 bridgehead atoms. The van der Waals surface area contributed by atoms with Crippen LogP contribution in [0.25, 0.3) is 0 Å². The van der Waals surface area contributed by atoms with E-state index in [4.69, 9.17) is 30.5 Å². The van der Waals surface area contributed by atoms with Crippen molar-refractivity contribution in [1.82, 2.24) is 0 Å². The lowest BCUT2D eigenvalue weighted by Gasteiger charge is -2.16. The van der Waals surface area contributed by atoms with Gasteiger partial charge in [0.2, 0.25) is 5.75 Å². The number of carbonyl (C=O) groups excluding carboxylic acids is 2. The van der Waals surface area contributed by atoms with Crippen molar-refractivity contribution in [2.24, 2.45) is 0 Å². The summed E-state index contributed by atoms with van der Waals surface area (Å²) < 4.78 is 20.8. The maximum atomic E-state index is 12.5. The van der Waals surface area contributed by atoms with Crippen LogP contribution in [0.5, 0.6) is 17.2 Å². The normalized spacial score (nSPS) is 11.2. The van der Waals surface area contributed by atoms with Gasteiger partial charge in [0.25, 0.3) is 11.6 Å². The molecule has 0 aliphatic rings. The number of rotatable bonds is 8. The Morgan fingerprint density at radius 2 is 1.67 bits per heavy atom. The SMILES string of the molecule is COc1cc(C(=O)O[C@H](C)C(=O)Nc2ccc([N+](=O)[O-])cc2Cl)cc(OC)c1OC. The molecule has 0 saturated carbocycles. The number of esters is 1. The monoisotopic (exact) mass is 438 g/mol. The molecule has 30 heavy (non-hydrogen) atoms. The van der Waals surface area contributed by atoms with E-state index in [1.165, 1.54) is 52.5 Å². The van der Waals surface area contributed by atoms with E-state index in [0.717, 1.165) is 6.07 Å². The van der Waals surface area contributed by atoms with Gasteiger partial charge in [0.1, 0.15) is 0 Å². The largest absolute Gasteiger partial charge is 0.493 e. The van der Waals surface area contributed by atoms with Gasteiger partial charge in [0.15, 0.2) is 17.6 Å². The van der Waals surface area contributed by atoms with Crippen molar-refractivity contribution in [2.45, 2.75) is 13.0 Å². The lowest BCUT2D eigenvalue weighted by atomic mass is 10.2. The number of hydrogen-bond donors (Lipinski definition) is 1. The van der Waals surface area contributed by atoms with Gasteiger partial charge in [0.05, 0.1) is 42.5 Å². The van der Waals surface area contributed by atoms with Crippen molar-refractivity contribution in [3.8, 4) is 17.2 Å². The molecule has 2 aromatic rings. The summed E-state index contributed by atoms with van der Waals surface area (Å²) in [5.74, 6) is -0.675. The zero-order valence-electron chi connectivity index (χ0n) is 16.6. The molecule has 0 saturated heterocycles. The molecule has 160 valence electrons. The van der Waals surface area contributed by atoms with Gasteiger partial charge in [-0.05, 0) is 25.1 Å². The fraction of sp³-hybridized carbons (Fsp3) is 0.263. The summed E-state index contributed by atoms with van der Waals surface area (Å²) in [5, 5.41) is 13.2. The third kappa shape index (κ3) is 5.09. The highest BCUT2D eigenvalue weighted by atomic mass is 35.5. The molecule has 0 radical (unpaired) electrons. The second-order valence-electron chi connectivity index (χ2n) is 5.87. The van der Waals surface area contributed by atoms with Gasteiger partial charge in [-0.3, -0.25) is 14.9 Å². The number of nitrogens with one attached hydrogen (secondary N) is 1. The smallest absolute Gasteiger partial charge is 0.339 e. The van der Waals surface area contributed by atoms with Crippen molar-refractivity contribution in [1.29, 1.82) is 0 Å². The van der Waals surface area contributed by atoms with Crippen LogP contribution in [-0.4, -0.2) is 44.2 Å². The Morgan fingerprint density at radius 3 is 2.13 bits per heavy atom. The number of nitro benzene ring substituents is 1. The summed E-state index contributed by atoms with van der Waals surface area (Å²) in [7, 11) is 4.22. The van der Waals surface area contributed by atoms with E-state index in [1.807, 2.05) is 0 Å². The Balaban J connectivity index is 2.14. The highest BCUT2D eigenvalue weighted by Gasteiger charge is 2.23. The predicted molar refractivity (Wildman–Crippen MR) is 108 cm³/mol. The molecule has 0 heterocycles. The molecule has 1 N–H and O–H groups in total. The zero-order chi connectivity index (χ0) is 22.4. The first-order chi connectivity index (χ1) is 14.2. The number of nitrogens with zero attached hydrogens (tertiary/aromatic N) is 1. The first-order valence-corrected chi connectivity index (χ1v) is 8.85. The minimum atomic E-state index is -1.19. The van der Waals surface area contributed by atoms with Crippen LogP contribution in [0.3, 0.4) is 0 Å². The first-order valence-electron chi connectivity index (χ1n) is 8.47. The lowest BCUT2D eigenvalue weighted by molar-refractivity contribution is -0.384. The quantitative estimate of drug-likeness (QED) is 0.377. The molecule has 11 heteroatoms. The maximum absolute atomic E-state index is 12.5. The summed E-state index contributed by atoms with van der Waals surface area (Å²) in [6.07, 6.45) is -1.19. The minimum absolute atomic E-state index is 0.0271. The summed E-state index contributed by atoms with van der Waals surface area (Å²) in [6.45, 7) is 1.37. The Bertz CT molecular complexity index is 954. The van der Waals surface area contributed by atoms with Gasteiger partial charge >= 0.3 is 5.97 Å². The van der Waals surface area contributed by atoms with E-state index in [2.05, 4.69) is 5.32 Å². The molecule has 1 atom stereocenters. The zero-order valence-corrected chi connectivity index (χ0v) is 17.3. The van der Waals surface area contributed by atoms with Crippen molar-refractivity contribution < 1.29 is 33.5 Å². The average molecular weight is 439 g/mol. The minimum Gasteiger partial charge on any atom is -0.493 e. The van der Waals surface area contributed by atoms with Crippen LogP contribution in [0, 0.1) is 10.1 Å². The van der Waals surface area contributed by atoms with Gasteiger partial charge < -0.3 is 24.3 Å². The molecular weight excluding hydrogens is 420 g/mol. The molecule has 0 aliphatic heterocycles. The molecule has 0 spiro atoms. The van der Waals surface area contributed by atoms with E-state index in [1.54, 1.807) is 0 Å². The van der Waals surface area contributed by atoms with Crippen LogP contribution in [-0.2, 0) is 9.53 Å². The summed E-state index contributed by atoms with van der Waals surface area (Å²) in [6, 6.07) is 6.35. The molecule has 0 aromatic heterocycles. The third-order valence-electron chi connectivity index (χ3n) is 3.97. The molecular formula is C19H19ClN2O8. The van der Waals surface area contributed by atoms with Crippen LogP contribution in [0.15, 0.2) is 30.3 Å². The van der Waals surface area contributed by atoms with Crippen molar-refractivity contribution in [2.75, 3.05) is 26.6 Å². The van der Waals surface area contributed by atoms with E-state index in [0.29, 0.717) is 5.75 Å². The first kappa shape index (κ1) is 22.8. The number of hydrogen-bond acceptors (Lipinski definition) is 8. The van der Waals surface area contributed by atoms with Crippen LogP contribution < -0.4 is 19.5 Å². The van der Waals surface area contributed by atoms with Crippen LogP contribution in [0.2, 0.25) is 5.02 Å². The van der Waals surface area contributed by atoms with E-state index < -0.39 is 22.9 Å². The Kier molecular flexibility index (Phi) is 7.43. The van der Waals surface area contributed by atoms with Crippen molar-refractivity contribution in [3.05, 3.63) is 51.0 Å². The molecule has 10 nitrogen and oxygen atoms in total. The van der Waals surface area contributed by atoms with Crippen molar-refractivity contribution in [3.63, 3.8) is 0 Å². The lowest BCUT2D eigenvalue weighted by Crippen LogP contribution is -2.30. The Hall–Kier alpha value is -3.53. The van der Waals surface area contributed by atoms with Gasteiger partial charge in [-0.25, -0.2) is 4.79 Å². The van der Waals surface area contributed by atoms with Gasteiger partial charge in [-0.15, -0.1) is 0 Å². The van der Waals surface area contributed by atoms with Gasteiger partial charge in [0, 0.05) is 12.1 Å². The summed E-state index contributed by atoms with van der Waals surface area (Å²) in [4.78, 5) is 35.0. The summed E-state index contributed by atoms with van der Waals surface area (Å²) in [5.41, 5.74) is 0.000320. The maximum Gasteiger partial charge on any atom is 0.339 e. The number of nitro groups is 1. The number of amides is 1. The number of benzene rings is 2. The molecule has 0 aliphatic carbocycles. The number of anilines is 1. The van der Waals surface area contributed by atoms with Gasteiger partial charge in [-0.1, -0.05) is 11.6 Å². The second kappa shape index (κ2) is 9.79. The van der Waals surface area contributed by atoms with E-state index >= 15 is 0 Å². The fourth-order valence-electron chi connectivity index (χ4n) is 2.43. The second-order valence-corrected chi connectivity index (χ2v) is 6.28. The summed E-state index contributed by atoms with van der Waals surface area (Å²) >= 11 is 5.95. The molecule has 2 rings (SSSR count). The van der Waals surface area contributed by atoms with E-state index in [-0.39, 0.29) is 33.5 Å². The number of halogens is 1. The van der Waals surface area contributed by atoms with Gasteiger partial charge in [-0.2, -0.15) is 0 Å². The standard InChI is InChI=1S/C19H19ClN2O8/c1-10(18(23)21-14-6-5-12(22(25)26)9-13(14)20)30-19(24)11-7-15(27-2)17(29-4)16(8-11)28-3/h5-10H,1-4H3,(H,21,23)/t10-/m1/s1. The fourth-order valence-corrected chi connectivity index (χ4v) is 2.66. The number of carbonyl (C=O) groups is 2. The highest BCUT2D eigenvalue weighted by Crippen LogP contribution is 2.38. The Labute approximate surface area is 176 Å². The number of non-ortho nitro benzene ring substituents is 1. The van der Waals surface area contributed by atoms with Crippen LogP contribution in [0.1, 0.15) is 17.3 Å². The highest BCUT2D eigenvalue weighted by molar-refractivity contribution is 6.34. The number of methoxy groups -OCH3 is 3.